The fraction of sp³-hybridized carbons (Fsp3) is 0.179. The Morgan fingerprint density at radius 3 is 2.50 bits per heavy atom. The van der Waals surface area contributed by atoms with Gasteiger partial charge in [0.1, 0.15) is 11.6 Å². The molecule has 0 spiro atoms. The molecule has 0 radical (unpaired) electrons. The first-order chi connectivity index (χ1) is 17.5. The number of halogens is 1. The zero-order valence-electron chi connectivity index (χ0n) is 20.1. The van der Waals surface area contributed by atoms with Crippen LogP contribution < -0.4 is 10.1 Å². The zero-order chi connectivity index (χ0) is 25.3. The molecule has 1 N–H and O–H groups in total. The van der Waals surface area contributed by atoms with E-state index >= 15 is 0 Å². The number of aromatic nitrogens is 3. The van der Waals surface area contributed by atoms with Gasteiger partial charge in [0.15, 0.2) is 11.0 Å². The number of rotatable bonds is 10. The molecule has 1 aromatic heterocycles. The number of amides is 1. The van der Waals surface area contributed by atoms with Crippen molar-refractivity contribution in [3.8, 4) is 5.75 Å². The number of hydrogen-bond donors (Lipinski definition) is 1. The van der Waals surface area contributed by atoms with E-state index in [0.29, 0.717) is 28.7 Å². The molecule has 1 unspecified atom stereocenters. The summed E-state index contributed by atoms with van der Waals surface area (Å²) in [6, 6.07) is 23.6. The van der Waals surface area contributed by atoms with E-state index in [4.69, 9.17) is 4.74 Å². The average Bonchev–Trinajstić information content (AvgIpc) is 3.27. The van der Waals surface area contributed by atoms with Crippen LogP contribution in [0.3, 0.4) is 0 Å². The van der Waals surface area contributed by atoms with Crippen molar-refractivity contribution in [3.05, 3.63) is 113 Å². The van der Waals surface area contributed by atoms with Gasteiger partial charge in [-0.25, -0.2) is 4.39 Å². The van der Waals surface area contributed by atoms with E-state index in [2.05, 4.69) is 15.5 Å². The van der Waals surface area contributed by atoms with Crippen LogP contribution in [-0.4, -0.2) is 27.8 Å². The van der Waals surface area contributed by atoms with Gasteiger partial charge in [-0.05, 0) is 47.4 Å². The van der Waals surface area contributed by atoms with Crippen LogP contribution in [-0.2, 0) is 24.0 Å². The number of methoxy groups -OCH3 is 1. The van der Waals surface area contributed by atoms with Crippen LogP contribution in [0.4, 0.5) is 4.39 Å². The molecule has 0 saturated carbocycles. The molecule has 1 atom stereocenters. The van der Waals surface area contributed by atoms with Gasteiger partial charge >= 0.3 is 0 Å². The van der Waals surface area contributed by atoms with Gasteiger partial charge in [0.25, 0.3) is 0 Å². The smallest absolute Gasteiger partial charge is 0.244 e. The molecule has 0 saturated heterocycles. The third-order valence-electron chi connectivity index (χ3n) is 5.64. The Bertz CT molecular complexity index is 1320. The van der Waals surface area contributed by atoms with Crippen LogP contribution >= 0.6 is 11.8 Å². The van der Waals surface area contributed by atoms with Gasteiger partial charge in [0.2, 0.25) is 5.91 Å². The normalized spacial score (nSPS) is 12.0. The van der Waals surface area contributed by atoms with Crippen LogP contribution in [0.1, 0.15) is 28.6 Å². The SMILES string of the molecule is COc1ccc(/C=C/C(=O)NC(Cc2ccccc2)c2nnc(SCc3ccccc3F)n2C)cc1. The monoisotopic (exact) mass is 502 g/mol. The molecule has 184 valence electrons. The van der Waals surface area contributed by atoms with Crippen LogP contribution in [0.15, 0.2) is 90.1 Å². The van der Waals surface area contributed by atoms with Crippen molar-refractivity contribution in [2.24, 2.45) is 7.05 Å². The van der Waals surface area contributed by atoms with Crippen molar-refractivity contribution in [1.82, 2.24) is 20.1 Å². The minimum Gasteiger partial charge on any atom is -0.497 e. The standard InChI is InChI=1S/C28H27FN4O2S/c1-33-27(31-32-28(33)36-19-22-10-6-7-11-24(22)29)25(18-21-8-4-3-5-9-21)30-26(34)17-14-20-12-15-23(35-2)16-13-20/h3-17,25H,18-19H2,1-2H3,(H,30,34)/b17-14+. The Kier molecular flexibility index (Phi) is 8.52. The highest BCUT2D eigenvalue weighted by molar-refractivity contribution is 7.98. The summed E-state index contributed by atoms with van der Waals surface area (Å²) in [4.78, 5) is 12.9. The summed E-state index contributed by atoms with van der Waals surface area (Å²) in [6.45, 7) is 0. The lowest BCUT2D eigenvalue weighted by Gasteiger charge is -2.18. The Morgan fingerprint density at radius 1 is 1.06 bits per heavy atom. The maximum atomic E-state index is 14.0. The first-order valence-corrected chi connectivity index (χ1v) is 12.4. The fourth-order valence-electron chi connectivity index (χ4n) is 3.68. The van der Waals surface area contributed by atoms with E-state index in [1.165, 1.54) is 23.9 Å². The summed E-state index contributed by atoms with van der Waals surface area (Å²) in [6.07, 6.45) is 3.80. The number of nitrogens with one attached hydrogen (secondary N) is 1. The number of hydrogen-bond acceptors (Lipinski definition) is 5. The highest BCUT2D eigenvalue weighted by Gasteiger charge is 2.22. The summed E-state index contributed by atoms with van der Waals surface area (Å²) in [5, 5.41) is 12.4. The van der Waals surface area contributed by atoms with Gasteiger partial charge in [-0.1, -0.05) is 72.4 Å². The maximum absolute atomic E-state index is 14.0. The minimum atomic E-state index is -0.402. The number of carbonyl (C=O) groups is 1. The van der Waals surface area contributed by atoms with Gasteiger partial charge in [-0.2, -0.15) is 0 Å². The topological polar surface area (TPSA) is 69.0 Å². The maximum Gasteiger partial charge on any atom is 0.244 e. The molecule has 0 aliphatic carbocycles. The van der Waals surface area contributed by atoms with Gasteiger partial charge in [0, 0.05) is 18.9 Å². The predicted octanol–water partition coefficient (Wildman–Crippen LogP) is 5.37. The Balaban J connectivity index is 1.50. The quantitative estimate of drug-likeness (QED) is 0.233. The summed E-state index contributed by atoms with van der Waals surface area (Å²) in [7, 11) is 3.47. The molecule has 36 heavy (non-hydrogen) atoms. The molecule has 4 rings (SSSR count). The molecule has 6 nitrogen and oxygen atoms in total. The molecule has 0 fully saturated rings. The molecule has 0 bridgehead atoms. The number of carbonyl (C=O) groups excluding carboxylic acids is 1. The number of thioether (sulfide) groups is 1. The van der Waals surface area contributed by atoms with Crippen molar-refractivity contribution in [1.29, 1.82) is 0 Å². The molecule has 0 aliphatic rings. The van der Waals surface area contributed by atoms with Gasteiger partial charge < -0.3 is 14.6 Å². The van der Waals surface area contributed by atoms with E-state index in [1.54, 1.807) is 25.3 Å². The van der Waals surface area contributed by atoms with Crippen molar-refractivity contribution >= 4 is 23.7 Å². The van der Waals surface area contributed by atoms with Crippen LogP contribution in [0, 0.1) is 5.82 Å². The largest absolute Gasteiger partial charge is 0.497 e. The Labute approximate surface area is 214 Å². The average molecular weight is 503 g/mol. The molecule has 4 aromatic rings. The van der Waals surface area contributed by atoms with E-state index < -0.39 is 6.04 Å². The fourth-order valence-corrected chi connectivity index (χ4v) is 4.58. The lowest BCUT2D eigenvalue weighted by atomic mass is 10.1. The van der Waals surface area contributed by atoms with E-state index in [1.807, 2.05) is 72.3 Å². The lowest BCUT2D eigenvalue weighted by molar-refractivity contribution is -0.117. The van der Waals surface area contributed by atoms with Crippen molar-refractivity contribution in [3.63, 3.8) is 0 Å². The highest BCUT2D eigenvalue weighted by atomic mass is 32.2. The lowest BCUT2D eigenvalue weighted by Crippen LogP contribution is -2.30. The minimum absolute atomic E-state index is 0.240. The molecule has 0 aliphatic heterocycles. The third-order valence-corrected chi connectivity index (χ3v) is 6.71. The van der Waals surface area contributed by atoms with Crippen molar-refractivity contribution in [2.75, 3.05) is 7.11 Å². The molecule has 1 amide bonds. The van der Waals surface area contributed by atoms with E-state index in [9.17, 15) is 9.18 Å². The van der Waals surface area contributed by atoms with Gasteiger partial charge in [-0.15, -0.1) is 10.2 Å². The molecule has 8 heteroatoms. The Hall–Kier alpha value is -3.91. The molecule has 3 aromatic carbocycles. The molecule has 1 heterocycles. The third kappa shape index (κ3) is 6.60. The first kappa shape index (κ1) is 25.2. The van der Waals surface area contributed by atoms with Gasteiger partial charge in [-0.3, -0.25) is 4.79 Å². The second-order valence-corrected chi connectivity index (χ2v) is 9.08. The van der Waals surface area contributed by atoms with Crippen LogP contribution in [0.25, 0.3) is 6.08 Å². The second kappa shape index (κ2) is 12.2. The van der Waals surface area contributed by atoms with E-state index in [0.717, 1.165) is 16.9 Å². The Morgan fingerprint density at radius 2 is 1.78 bits per heavy atom. The number of ether oxygens (including phenoxy) is 1. The molecular formula is C28H27FN4O2S. The molecular weight excluding hydrogens is 475 g/mol. The van der Waals surface area contributed by atoms with Crippen LogP contribution in [0.5, 0.6) is 5.75 Å². The van der Waals surface area contributed by atoms with Crippen LogP contribution in [0.2, 0.25) is 0 Å². The summed E-state index contributed by atoms with van der Waals surface area (Å²) in [5.41, 5.74) is 2.55. The second-order valence-electron chi connectivity index (χ2n) is 8.14. The number of nitrogens with zero attached hydrogens (tertiary/aromatic N) is 3. The highest BCUT2D eigenvalue weighted by Crippen LogP contribution is 2.25. The van der Waals surface area contributed by atoms with E-state index in [-0.39, 0.29) is 11.7 Å². The van der Waals surface area contributed by atoms with Crippen molar-refractivity contribution in [2.45, 2.75) is 23.4 Å². The number of benzene rings is 3. The zero-order valence-corrected chi connectivity index (χ0v) is 20.9. The van der Waals surface area contributed by atoms with Gasteiger partial charge in [0.05, 0.1) is 13.2 Å². The van der Waals surface area contributed by atoms with Crippen molar-refractivity contribution < 1.29 is 13.9 Å². The summed E-state index contributed by atoms with van der Waals surface area (Å²) >= 11 is 1.40. The summed E-state index contributed by atoms with van der Waals surface area (Å²) in [5.74, 6) is 1.33. The summed E-state index contributed by atoms with van der Waals surface area (Å²) < 4.78 is 21.1. The first-order valence-electron chi connectivity index (χ1n) is 11.5. The predicted molar refractivity (Wildman–Crippen MR) is 140 cm³/mol.